The van der Waals surface area contributed by atoms with Crippen LogP contribution in [0.25, 0.3) is 0 Å². The summed E-state index contributed by atoms with van der Waals surface area (Å²) >= 11 is 6.04. The van der Waals surface area contributed by atoms with Gasteiger partial charge in [-0.2, -0.15) is 0 Å². The summed E-state index contributed by atoms with van der Waals surface area (Å²) in [6.45, 7) is 8.39. The van der Waals surface area contributed by atoms with Crippen molar-refractivity contribution in [3.05, 3.63) is 112 Å². The Bertz CT molecular complexity index is 1070. The van der Waals surface area contributed by atoms with Crippen LogP contribution in [0.3, 0.4) is 0 Å². The van der Waals surface area contributed by atoms with Crippen LogP contribution >= 0.6 is 11.6 Å². The molecule has 3 aromatic carbocycles. The van der Waals surface area contributed by atoms with E-state index in [-0.39, 0.29) is 0 Å². The number of benzene rings is 3. The molecule has 0 atom stereocenters. The lowest BCUT2D eigenvalue weighted by Crippen LogP contribution is -2.48. The molecule has 2 saturated heterocycles. The summed E-state index contributed by atoms with van der Waals surface area (Å²) in [5.41, 5.74) is 3.12. The maximum atomic E-state index is 11.8. The minimum atomic E-state index is -0.606. The monoisotopic (exact) mass is 516 g/mol. The van der Waals surface area contributed by atoms with Crippen molar-refractivity contribution >= 4 is 11.6 Å². The first kappa shape index (κ1) is 26.1. The summed E-state index contributed by atoms with van der Waals surface area (Å²) in [5, 5.41) is 4.29. The SMILES string of the molecule is O=NC1(c2ccc(Cl)cc2)CCN(CCCN2CCN(C(c3ccccc3)c3ccccc3)CC2)CC1. The van der Waals surface area contributed by atoms with E-state index >= 15 is 0 Å². The number of likely N-dealkylation sites (tertiary alicyclic amines) is 1. The van der Waals surface area contributed by atoms with Crippen LogP contribution < -0.4 is 0 Å². The second kappa shape index (κ2) is 12.3. The van der Waals surface area contributed by atoms with Crippen molar-refractivity contribution in [2.45, 2.75) is 30.8 Å². The Kier molecular flexibility index (Phi) is 8.67. The Morgan fingerprint density at radius 1 is 0.703 bits per heavy atom. The fourth-order valence-electron chi connectivity index (χ4n) is 5.99. The van der Waals surface area contributed by atoms with E-state index in [1.165, 1.54) is 11.1 Å². The Hall–Kier alpha value is -2.57. The van der Waals surface area contributed by atoms with Crippen molar-refractivity contribution in [2.75, 3.05) is 52.4 Å². The van der Waals surface area contributed by atoms with Gasteiger partial charge in [-0.3, -0.25) is 4.90 Å². The number of hydrogen-bond donors (Lipinski definition) is 0. The number of rotatable bonds is 9. The molecule has 6 heteroatoms. The number of nitroso groups, excluding NO2 is 1. The zero-order valence-electron chi connectivity index (χ0n) is 21.5. The fourth-order valence-corrected chi connectivity index (χ4v) is 6.11. The van der Waals surface area contributed by atoms with Gasteiger partial charge in [0.05, 0.1) is 6.04 Å². The van der Waals surface area contributed by atoms with Gasteiger partial charge in [0.1, 0.15) is 5.54 Å². The van der Waals surface area contributed by atoms with Crippen LogP contribution in [0.1, 0.15) is 42.0 Å². The zero-order chi connectivity index (χ0) is 25.5. The molecule has 3 aromatic rings. The maximum absolute atomic E-state index is 11.8. The molecule has 2 fully saturated rings. The van der Waals surface area contributed by atoms with E-state index in [0.29, 0.717) is 11.1 Å². The Balaban J connectivity index is 1.09. The molecule has 0 spiro atoms. The number of halogens is 1. The predicted octanol–water partition coefficient (Wildman–Crippen LogP) is 6.19. The molecule has 0 bridgehead atoms. The first-order valence-corrected chi connectivity index (χ1v) is 13.9. The molecular formula is C31H37ClN4O. The van der Waals surface area contributed by atoms with E-state index < -0.39 is 5.54 Å². The van der Waals surface area contributed by atoms with E-state index in [9.17, 15) is 4.91 Å². The molecule has 194 valence electrons. The summed E-state index contributed by atoms with van der Waals surface area (Å²) < 4.78 is 0. The molecule has 0 unspecified atom stereocenters. The quantitative estimate of drug-likeness (QED) is 0.318. The van der Waals surface area contributed by atoms with Crippen LogP contribution in [0, 0.1) is 4.91 Å². The highest BCUT2D eigenvalue weighted by atomic mass is 35.5. The van der Waals surface area contributed by atoms with E-state index in [4.69, 9.17) is 11.6 Å². The van der Waals surface area contributed by atoms with Crippen LogP contribution in [0.2, 0.25) is 5.02 Å². The maximum Gasteiger partial charge on any atom is 0.130 e. The molecule has 37 heavy (non-hydrogen) atoms. The van der Waals surface area contributed by atoms with Gasteiger partial charge >= 0.3 is 0 Å². The van der Waals surface area contributed by atoms with Gasteiger partial charge in [0.15, 0.2) is 0 Å². The topological polar surface area (TPSA) is 39.2 Å². The molecule has 2 heterocycles. The first-order valence-electron chi connectivity index (χ1n) is 13.6. The van der Waals surface area contributed by atoms with E-state index in [0.717, 1.165) is 77.2 Å². The predicted molar refractivity (Wildman–Crippen MR) is 152 cm³/mol. The van der Waals surface area contributed by atoms with Crippen LogP contribution in [0.4, 0.5) is 0 Å². The number of piperidine rings is 1. The molecule has 0 N–H and O–H groups in total. The van der Waals surface area contributed by atoms with Crippen molar-refractivity contribution in [2.24, 2.45) is 5.18 Å². The minimum absolute atomic E-state index is 0.310. The Morgan fingerprint density at radius 2 is 1.22 bits per heavy atom. The third-order valence-corrected chi connectivity index (χ3v) is 8.44. The second-order valence-electron chi connectivity index (χ2n) is 10.4. The van der Waals surface area contributed by atoms with Crippen LogP contribution in [-0.4, -0.2) is 67.1 Å². The van der Waals surface area contributed by atoms with Gasteiger partial charge in [0.25, 0.3) is 0 Å². The molecule has 0 aliphatic carbocycles. The zero-order valence-corrected chi connectivity index (χ0v) is 22.3. The number of piperazine rings is 1. The highest BCUT2D eigenvalue weighted by Gasteiger charge is 2.37. The van der Waals surface area contributed by atoms with Gasteiger partial charge < -0.3 is 9.80 Å². The fraction of sp³-hybridized carbons (Fsp3) is 0.419. The Labute approximate surface area is 226 Å². The van der Waals surface area contributed by atoms with Gasteiger partial charge in [0.2, 0.25) is 0 Å². The van der Waals surface area contributed by atoms with Gasteiger partial charge in [0, 0.05) is 44.3 Å². The van der Waals surface area contributed by atoms with Gasteiger partial charge in [-0.05, 0) is 61.2 Å². The largest absolute Gasteiger partial charge is 0.303 e. The Morgan fingerprint density at radius 3 is 1.73 bits per heavy atom. The third-order valence-electron chi connectivity index (χ3n) is 8.19. The van der Waals surface area contributed by atoms with Crippen LogP contribution in [0.15, 0.2) is 90.1 Å². The smallest absolute Gasteiger partial charge is 0.130 e. The van der Waals surface area contributed by atoms with Gasteiger partial charge in [-0.15, -0.1) is 4.91 Å². The molecule has 5 rings (SSSR count). The highest BCUT2D eigenvalue weighted by molar-refractivity contribution is 6.30. The summed E-state index contributed by atoms with van der Waals surface area (Å²) in [5.74, 6) is 0. The van der Waals surface area contributed by atoms with Crippen molar-refractivity contribution in [1.82, 2.24) is 14.7 Å². The summed E-state index contributed by atoms with van der Waals surface area (Å²) in [7, 11) is 0. The first-order chi connectivity index (χ1) is 18.2. The summed E-state index contributed by atoms with van der Waals surface area (Å²) in [4.78, 5) is 19.6. The van der Waals surface area contributed by atoms with Gasteiger partial charge in [-0.1, -0.05) is 89.6 Å². The standard InChI is InChI=1S/C31H37ClN4O/c32-29-14-12-28(13-15-29)31(33-37)16-20-34(21-17-31)18-7-19-35-22-24-36(25-23-35)30(26-8-3-1-4-9-26)27-10-5-2-6-11-27/h1-6,8-15,30H,7,16-25H2. The molecule has 5 nitrogen and oxygen atoms in total. The van der Waals surface area contributed by atoms with E-state index in [1.807, 2.05) is 24.3 Å². The van der Waals surface area contributed by atoms with Crippen LogP contribution in [-0.2, 0) is 5.54 Å². The van der Waals surface area contributed by atoms with Crippen molar-refractivity contribution in [1.29, 1.82) is 0 Å². The molecule has 0 aromatic heterocycles. The lowest BCUT2D eigenvalue weighted by atomic mass is 9.82. The van der Waals surface area contributed by atoms with Crippen molar-refractivity contribution in [3.63, 3.8) is 0 Å². The van der Waals surface area contributed by atoms with Crippen molar-refractivity contribution < 1.29 is 0 Å². The lowest BCUT2D eigenvalue weighted by Gasteiger charge is -2.40. The average molecular weight is 517 g/mol. The molecule has 2 aliphatic heterocycles. The van der Waals surface area contributed by atoms with Gasteiger partial charge in [-0.25, -0.2) is 0 Å². The second-order valence-corrected chi connectivity index (χ2v) is 10.9. The lowest BCUT2D eigenvalue weighted by molar-refractivity contribution is 0.101. The normalized spacial score (nSPS) is 19.2. The third kappa shape index (κ3) is 6.29. The van der Waals surface area contributed by atoms with Crippen LogP contribution in [0.5, 0.6) is 0 Å². The molecule has 0 radical (unpaired) electrons. The average Bonchev–Trinajstić information content (AvgIpc) is 2.96. The molecule has 0 amide bonds. The number of nitrogens with zero attached hydrogens (tertiary/aromatic N) is 4. The molecular weight excluding hydrogens is 480 g/mol. The molecule has 0 saturated carbocycles. The van der Waals surface area contributed by atoms with E-state index in [2.05, 4.69) is 80.5 Å². The number of hydrogen-bond acceptors (Lipinski definition) is 5. The molecule has 2 aliphatic rings. The summed E-state index contributed by atoms with van der Waals surface area (Å²) in [6.07, 6.45) is 2.71. The summed E-state index contributed by atoms with van der Waals surface area (Å²) in [6, 6.07) is 29.7. The minimum Gasteiger partial charge on any atom is -0.303 e. The van der Waals surface area contributed by atoms with E-state index in [1.54, 1.807) is 0 Å². The van der Waals surface area contributed by atoms with Crippen molar-refractivity contribution in [3.8, 4) is 0 Å². The highest BCUT2D eigenvalue weighted by Crippen LogP contribution is 2.37.